The molecule has 0 fully saturated rings. The molecule has 0 aliphatic heterocycles. The lowest BCUT2D eigenvalue weighted by atomic mass is 10.0. The number of hydrogen-bond donors (Lipinski definition) is 0. The molecule has 0 bridgehead atoms. The minimum Gasteiger partial charge on any atom is -0.466 e. The fourth-order valence-electron chi connectivity index (χ4n) is 1.38. The summed E-state index contributed by atoms with van der Waals surface area (Å²) in [4.78, 5) is 14.4. The summed E-state index contributed by atoms with van der Waals surface area (Å²) in [6.07, 6.45) is -4.45. The average molecular weight is 258 g/mol. The first-order valence-corrected chi connectivity index (χ1v) is 5.01. The van der Waals surface area contributed by atoms with E-state index in [4.69, 9.17) is 5.26 Å². The fraction of sp³-hybridized carbons (Fsp3) is 0.364. The zero-order valence-corrected chi connectivity index (χ0v) is 9.41. The van der Waals surface area contributed by atoms with Crippen LogP contribution in [0, 0.1) is 11.3 Å². The van der Waals surface area contributed by atoms with E-state index in [1.54, 1.807) is 6.07 Å². The van der Waals surface area contributed by atoms with E-state index in [9.17, 15) is 18.0 Å². The lowest BCUT2D eigenvalue weighted by molar-refractivity contribution is -0.144. The van der Waals surface area contributed by atoms with Gasteiger partial charge in [-0.05, 0) is 13.0 Å². The Bertz CT molecular complexity index is 492. The van der Waals surface area contributed by atoms with Gasteiger partial charge in [-0.25, -0.2) is 0 Å². The summed E-state index contributed by atoms with van der Waals surface area (Å²) in [6, 6.07) is 2.74. The number of nitriles is 1. The van der Waals surface area contributed by atoms with Crippen molar-refractivity contribution < 1.29 is 22.7 Å². The molecule has 1 aromatic rings. The Balaban J connectivity index is 3.22. The number of aromatic nitrogens is 1. The maximum atomic E-state index is 12.7. The van der Waals surface area contributed by atoms with Crippen LogP contribution in [0.5, 0.6) is 0 Å². The molecule has 0 N–H and O–H groups in total. The first kappa shape index (κ1) is 14.0. The summed E-state index contributed by atoms with van der Waals surface area (Å²) in [6.45, 7) is 1.60. The first-order valence-electron chi connectivity index (χ1n) is 5.01. The predicted molar refractivity (Wildman–Crippen MR) is 54.3 cm³/mol. The highest BCUT2D eigenvalue weighted by atomic mass is 19.4. The van der Waals surface area contributed by atoms with Crippen molar-refractivity contribution in [3.05, 3.63) is 29.1 Å². The van der Waals surface area contributed by atoms with Crippen molar-refractivity contribution in [3.63, 3.8) is 0 Å². The largest absolute Gasteiger partial charge is 0.466 e. The van der Waals surface area contributed by atoms with Crippen LogP contribution in [0.25, 0.3) is 0 Å². The third-order valence-electron chi connectivity index (χ3n) is 2.07. The van der Waals surface area contributed by atoms with Gasteiger partial charge in [-0.1, -0.05) is 0 Å². The van der Waals surface area contributed by atoms with E-state index in [1.807, 2.05) is 0 Å². The molecule has 0 unspecified atom stereocenters. The van der Waals surface area contributed by atoms with Gasteiger partial charge in [-0.3, -0.25) is 9.78 Å². The van der Waals surface area contributed by atoms with Crippen molar-refractivity contribution in [2.75, 3.05) is 6.61 Å². The summed E-state index contributed by atoms with van der Waals surface area (Å²) in [5, 5.41) is 8.75. The standard InChI is InChI=1S/C11H9F3N2O2/c1-2-18-9(17)5-8-7(6-15)3-4-16-10(8)11(12,13)14/h3-4H,2,5H2,1H3. The second kappa shape index (κ2) is 5.49. The van der Waals surface area contributed by atoms with Crippen LogP contribution in [0.1, 0.15) is 23.7 Å². The zero-order chi connectivity index (χ0) is 13.8. The summed E-state index contributed by atoms with van der Waals surface area (Å²) in [5.41, 5.74) is -1.91. The molecule has 0 saturated heterocycles. The number of halogens is 3. The maximum absolute atomic E-state index is 12.7. The minimum atomic E-state index is -4.71. The van der Waals surface area contributed by atoms with Gasteiger partial charge < -0.3 is 4.74 Å². The molecule has 0 spiro atoms. The molecule has 4 nitrogen and oxygen atoms in total. The molecule has 0 aliphatic carbocycles. The smallest absolute Gasteiger partial charge is 0.433 e. The SMILES string of the molecule is CCOC(=O)Cc1c(C#N)ccnc1C(F)(F)F. The molecule has 1 heterocycles. The Labute approximate surface area is 101 Å². The van der Waals surface area contributed by atoms with Gasteiger partial charge in [0.2, 0.25) is 0 Å². The van der Waals surface area contributed by atoms with Crippen molar-refractivity contribution in [1.82, 2.24) is 4.98 Å². The summed E-state index contributed by atoms with van der Waals surface area (Å²) >= 11 is 0. The van der Waals surface area contributed by atoms with Crippen LogP contribution >= 0.6 is 0 Å². The van der Waals surface area contributed by atoms with E-state index in [1.165, 1.54) is 6.92 Å². The lowest BCUT2D eigenvalue weighted by Crippen LogP contribution is -2.17. The van der Waals surface area contributed by atoms with Crippen molar-refractivity contribution in [1.29, 1.82) is 5.26 Å². The number of nitrogens with zero attached hydrogens (tertiary/aromatic N) is 2. The second-order valence-corrected chi connectivity index (χ2v) is 3.28. The molecular formula is C11H9F3N2O2. The summed E-state index contributed by atoms with van der Waals surface area (Å²) in [7, 11) is 0. The van der Waals surface area contributed by atoms with Crippen molar-refractivity contribution in [2.45, 2.75) is 19.5 Å². The van der Waals surface area contributed by atoms with E-state index in [0.717, 1.165) is 12.3 Å². The summed E-state index contributed by atoms with van der Waals surface area (Å²) in [5.74, 6) is -0.826. The zero-order valence-electron chi connectivity index (χ0n) is 9.41. The van der Waals surface area contributed by atoms with Gasteiger partial charge in [-0.15, -0.1) is 0 Å². The molecule has 1 aromatic heterocycles. The Kier molecular flexibility index (Phi) is 4.26. The lowest BCUT2D eigenvalue weighted by Gasteiger charge is -2.12. The second-order valence-electron chi connectivity index (χ2n) is 3.28. The highest BCUT2D eigenvalue weighted by Crippen LogP contribution is 2.31. The molecular weight excluding hydrogens is 249 g/mol. The Morgan fingerprint density at radius 3 is 2.72 bits per heavy atom. The molecule has 0 aromatic carbocycles. The van der Waals surface area contributed by atoms with E-state index >= 15 is 0 Å². The van der Waals surface area contributed by atoms with Crippen LogP contribution in [0.4, 0.5) is 13.2 Å². The maximum Gasteiger partial charge on any atom is 0.433 e. The van der Waals surface area contributed by atoms with Crippen LogP contribution in [0.3, 0.4) is 0 Å². The van der Waals surface area contributed by atoms with Crippen LogP contribution in [0.15, 0.2) is 12.3 Å². The predicted octanol–water partition coefficient (Wildman–Crippen LogP) is 2.08. The van der Waals surface area contributed by atoms with Crippen LogP contribution in [0.2, 0.25) is 0 Å². The number of alkyl halides is 3. The highest BCUT2D eigenvalue weighted by Gasteiger charge is 2.36. The Morgan fingerprint density at radius 2 is 2.22 bits per heavy atom. The van der Waals surface area contributed by atoms with E-state index in [-0.39, 0.29) is 12.2 Å². The fourth-order valence-corrected chi connectivity index (χ4v) is 1.38. The molecule has 0 radical (unpaired) electrons. The van der Waals surface area contributed by atoms with Crippen LogP contribution in [-0.4, -0.2) is 17.6 Å². The van der Waals surface area contributed by atoms with Gasteiger partial charge in [0.1, 0.15) is 5.69 Å². The molecule has 0 aliphatic rings. The molecule has 1 rings (SSSR count). The van der Waals surface area contributed by atoms with Gasteiger partial charge in [0.25, 0.3) is 0 Å². The molecule has 0 amide bonds. The first-order chi connectivity index (χ1) is 8.40. The third kappa shape index (κ3) is 3.20. The number of esters is 1. The number of ether oxygens (including phenoxy) is 1. The molecule has 7 heteroatoms. The molecule has 0 saturated carbocycles. The van der Waals surface area contributed by atoms with Crippen LogP contribution < -0.4 is 0 Å². The summed E-state index contributed by atoms with van der Waals surface area (Å²) < 4.78 is 42.6. The molecule has 0 atom stereocenters. The topological polar surface area (TPSA) is 63.0 Å². The molecule has 18 heavy (non-hydrogen) atoms. The normalized spacial score (nSPS) is 10.8. The van der Waals surface area contributed by atoms with E-state index in [2.05, 4.69) is 9.72 Å². The minimum absolute atomic E-state index is 0.0579. The Morgan fingerprint density at radius 1 is 1.56 bits per heavy atom. The number of pyridine rings is 1. The van der Waals surface area contributed by atoms with E-state index < -0.39 is 29.8 Å². The monoisotopic (exact) mass is 258 g/mol. The van der Waals surface area contributed by atoms with Gasteiger partial charge >= 0.3 is 12.1 Å². The third-order valence-corrected chi connectivity index (χ3v) is 2.07. The van der Waals surface area contributed by atoms with Gasteiger partial charge in [0.05, 0.1) is 24.7 Å². The number of rotatable bonds is 3. The van der Waals surface area contributed by atoms with Crippen LogP contribution in [-0.2, 0) is 22.1 Å². The number of hydrogen-bond acceptors (Lipinski definition) is 4. The molecule has 96 valence electrons. The highest BCUT2D eigenvalue weighted by molar-refractivity contribution is 5.74. The average Bonchev–Trinajstić information content (AvgIpc) is 2.28. The Hall–Kier alpha value is -2.10. The van der Waals surface area contributed by atoms with Crippen molar-refractivity contribution >= 4 is 5.97 Å². The van der Waals surface area contributed by atoms with E-state index in [0.29, 0.717) is 0 Å². The number of carbonyl (C=O) groups is 1. The van der Waals surface area contributed by atoms with Gasteiger partial charge in [-0.2, -0.15) is 18.4 Å². The van der Waals surface area contributed by atoms with Crippen molar-refractivity contribution in [2.24, 2.45) is 0 Å². The number of carbonyl (C=O) groups excluding carboxylic acids is 1. The quantitative estimate of drug-likeness (QED) is 0.778. The van der Waals surface area contributed by atoms with Gasteiger partial charge in [0.15, 0.2) is 0 Å². The van der Waals surface area contributed by atoms with Crippen molar-refractivity contribution in [3.8, 4) is 6.07 Å². The van der Waals surface area contributed by atoms with Gasteiger partial charge in [0, 0.05) is 11.8 Å².